The Morgan fingerprint density at radius 1 is 1.00 bits per heavy atom. The van der Waals surface area contributed by atoms with Crippen LogP contribution in [0.15, 0.2) is 71.4 Å². The summed E-state index contributed by atoms with van der Waals surface area (Å²) in [5.74, 6) is -0.0170. The van der Waals surface area contributed by atoms with E-state index in [0.717, 1.165) is 23.6 Å². The molecule has 0 amide bonds. The van der Waals surface area contributed by atoms with Crippen LogP contribution in [-0.4, -0.2) is 18.4 Å². The second kappa shape index (κ2) is 8.44. The second-order valence-electron chi connectivity index (χ2n) is 4.78. The number of ether oxygens (including phenoxy) is 1. The fourth-order valence-electron chi connectivity index (χ4n) is 1.82. The summed E-state index contributed by atoms with van der Waals surface area (Å²) in [5.41, 5.74) is 3.16. The highest BCUT2D eigenvalue weighted by molar-refractivity contribution is 5.84. The van der Waals surface area contributed by atoms with Crippen molar-refractivity contribution in [2.24, 2.45) is 10.2 Å². The number of hydrogen-bond acceptors (Lipinski definition) is 4. The molecule has 4 heteroatoms. The molecule has 0 atom stereocenters. The van der Waals surface area contributed by atoms with Crippen LogP contribution in [0.4, 0.5) is 0 Å². The number of hydrogen-bond donors (Lipinski definition) is 0. The molecule has 2 aromatic rings. The van der Waals surface area contributed by atoms with E-state index in [2.05, 4.69) is 35.8 Å². The molecule has 0 bridgehead atoms. The molecule has 0 heterocycles. The minimum absolute atomic E-state index is 0.464. The number of nitrogens with zero attached hydrogens (tertiary/aromatic N) is 2. The van der Waals surface area contributed by atoms with Gasteiger partial charge in [-0.15, -0.1) is 0 Å². The van der Waals surface area contributed by atoms with E-state index in [9.17, 15) is 4.79 Å². The third-order valence-electron chi connectivity index (χ3n) is 3.13. The average Bonchev–Trinajstić information content (AvgIpc) is 2.60. The molecule has 0 saturated heterocycles. The van der Waals surface area contributed by atoms with Crippen molar-refractivity contribution in [1.82, 2.24) is 0 Å². The maximum atomic E-state index is 11.1. The first-order valence-corrected chi connectivity index (χ1v) is 7.31. The molecule has 0 unspecified atom stereocenters. The van der Waals surface area contributed by atoms with Gasteiger partial charge in [-0.2, -0.15) is 10.2 Å². The summed E-state index contributed by atoms with van der Waals surface area (Å²) in [6.45, 7) is 5.47. The van der Waals surface area contributed by atoms with E-state index in [4.69, 9.17) is 4.74 Å². The quantitative estimate of drug-likeness (QED) is 0.268. The second-order valence-corrected chi connectivity index (χ2v) is 4.78. The summed E-state index contributed by atoms with van der Waals surface area (Å²) in [7, 11) is 0. The molecule has 0 N–H and O–H groups in total. The van der Waals surface area contributed by atoms with E-state index in [-0.39, 0.29) is 0 Å². The smallest absolute Gasteiger partial charge is 0.335 e. The number of esters is 1. The van der Waals surface area contributed by atoms with Crippen LogP contribution < -0.4 is 4.74 Å². The Bertz CT molecular complexity index is 714. The summed E-state index contributed by atoms with van der Waals surface area (Å²) in [5, 5.41) is 8.03. The van der Waals surface area contributed by atoms with E-state index in [1.807, 2.05) is 12.1 Å². The van der Waals surface area contributed by atoms with Crippen LogP contribution in [-0.2, 0) is 11.2 Å². The molecule has 0 spiro atoms. The van der Waals surface area contributed by atoms with Crippen molar-refractivity contribution in [3.8, 4) is 5.75 Å². The van der Waals surface area contributed by atoms with E-state index in [1.165, 1.54) is 5.56 Å². The van der Waals surface area contributed by atoms with E-state index in [0.29, 0.717) is 5.75 Å². The Kier molecular flexibility index (Phi) is 6.00. The van der Waals surface area contributed by atoms with E-state index >= 15 is 0 Å². The van der Waals surface area contributed by atoms with E-state index in [1.54, 1.807) is 36.7 Å². The highest BCUT2D eigenvalue weighted by Crippen LogP contribution is 2.11. The topological polar surface area (TPSA) is 51.0 Å². The number of aryl methyl sites for hydroxylation is 1. The Morgan fingerprint density at radius 2 is 1.52 bits per heavy atom. The van der Waals surface area contributed by atoms with Crippen molar-refractivity contribution in [2.45, 2.75) is 13.3 Å². The molecule has 2 rings (SSSR count). The maximum absolute atomic E-state index is 11.1. The van der Waals surface area contributed by atoms with Gasteiger partial charge in [0, 0.05) is 6.08 Å². The summed E-state index contributed by atoms with van der Waals surface area (Å²) in [6, 6.07) is 15.2. The van der Waals surface area contributed by atoms with Crippen LogP contribution in [0, 0.1) is 0 Å². The molecular formula is C19H18N2O2. The molecule has 0 aliphatic rings. The Labute approximate surface area is 135 Å². The van der Waals surface area contributed by atoms with Crippen molar-refractivity contribution in [2.75, 3.05) is 0 Å². The van der Waals surface area contributed by atoms with Crippen molar-refractivity contribution in [3.63, 3.8) is 0 Å². The summed E-state index contributed by atoms with van der Waals surface area (Å²) < 4.78 is 4.99. The highest BCUT2D eigenvalue weighted by Gasteiger charge is 1.98. The van der Waals surface area contributed by atoms with Crippen LogP contribution >= 0.6 is 0 Å². The Hall–Kier alpha value is -3.01. The predicted molar refractivity (Wildman–Crippen MR) is 93.3 cm³/mol. The monoisotopic (exact) mass is 306 g/mol. The third-order valence-corrected chi connectivity index (χ3v) is 3.13. The molecule has 0 aromatic heterocycles. The first-order chi connectivity index (χ1) is 11.2. The lowest BCUT2D eigenvalue weighted by Gasteiger charge is -2.00. The molecule has 2 aromatic carbocycles. The molecular weight excluding hydrogens is 288 g/mol. The Balaban J connectivity index is 1.92. The van der Waals surface area contributed by atoms with Crippen LogP contribution in [0.25, 0.3) is 0 Å². The molecule has 0 radical (unpaired) electrons. The fraction of sp³-hybridized carbons (Fsp3) is 0.105. The van der Waals surface area contributed by atoms with Crippen molar-refractivity contribution in [3.05, 3.63) is 77.9 Å². The maximum Gasteiger partial charge on any atom is 0.335 e. The van der Waals surface area contributed by atoms with Crippen molar-refractivity contribution in [1.29, 1.82) is 0 Å². The molecule has 23 heavy (non-hydrogen) atoms. The molecule has 0 saturated carbocycles. The van der Waals surface area contributed by atoms with Gasteiger partial charge in [0.2, 0.25) is 0 Å². The van der Waals surface area contributed by atoms with Crippen LogP contribution in [0.2, 0.25) is 0 Å². The molecule has 0 aliphatic heterocycles. The van der Waals surface area contributed by atoms with Gasteiger partial charge in [0.25, 0.3) is 0 Å². The van der Waals surface area contributed by atoms with Crippen LogP contribution in [0.3, 0.4) is 0 Å². The van der Waals surface area contributed by atoms with Gasteiger partial charge >= 0.3 is 5.97 Å². The van der Waals surface area contributed by atoms with Crippen molar-refractivity contribution < 1.29 is 9.53 Å². The first kappa shape index (κ1) is 16.4. The van der Waals surface area contributed by atoms with Gasteiger partial charge in [-0.3, -0.25) is 0 Å². The zero-order chi connectivity index (χ0) is 16.5. The zero-order valence-electron chi connectivity index (χ0n) is 13.0. The summed E-state index contributed by atoms with van der Waals surface area (Å²) >= 11 is 0. The molecule has 116 valence electrons. The highest BCUT2D eigenvalue weighted by atomic mass is 16.5. The minimum Gasteiger partial charge on any atom is -0.423 e. The minimum atomic E-state index is -0.481. The largest absolute Gasteiger partial charge is 0.423 e. The summed E-state index contributed by atoms with van der Waals surface area (Å²) in [6.07, 6.45) is 5.48. The van der Waals surface area contributed by atoms with Gasteiger partial charge in [0.15, 0.2) is 0 Å². The predicted octanol–water partition coefficient (Wildman–Crippen LogP) is 3.79. The van der Waals surface area contributed by atoms with E-state index < -0.39 is 5.97 Å². The van der Waals surface area contributed by atoms with Gasteiger partial charge < -0.3 is 4.74 Å². The average molecular weight is 306 g/mol. The lowest BCUT2D eigenvalue weighted by Crippen LogP contribution is -2.02. The number of carbonyl (C=O) groups excluding carboxylic acids is 1. The van der Waals surface area contributed by atoms with Crippen molar-refractivity contribution >= 4 is 18.4 Å². The van der Waals surface area contributed by atoms with Crippen LogP contribution in [0.1, 0.15) is 23.6 Å². The number of benzene rings is 2. The summed E-state index contributed by atoms with van der Waals surface area (Å²) in [4.78, 5) is 11.1. The normalized spacial score (nSPS) is 11.0. The molecule has 0 fully saturated rings. The molecule has 0 aliphatic carbocycles. The van der Waals surface area contributed by atoms with Gasteiger partial charge in [-0.1, -0.05) is 37.8 Å². The van der Waals surface area contributed by atoms with Gasteiger partial charge in [-0.05, 0) is 47.4 Å². The van der Waals surface area contributed by atoms with Crippen LogP contribution in [0.5, 0.6) is 5.75 Å². The first-order valence-electron chi connectivity index (χ1n) is 7.31. The SMILES string of the molecule is C=CC(=O)Oc1ccc(/C=N/N=C/c2ccc(CC)cc2)cc1. The number of rotatable bonds is 6. The lowest BCUT2D eigenvalue weighted by molar-refractivity contribution is -0.128. The number of carbonyl (C=O) groups is 1. The Morgan fingerprint density at radius 3 is 2.00 bits per heavy atom. The third kappa shape index (κ3) is 5.36. The van der Waals surface area contributed by atoms with Gasteiger partial charge in [-0.25, -0.2) is 4.79 Å². The van der Waals surface area contributed by atoms with Gasteiger partial charge in [0.1, 0.15) is 5.75 Å². The zero-order valence-corrected chi connectivity index (χ0v) is 13.0. The fourth-order valence-corrected chi connectivity index (χ4v) is 1.82. The standard InChI is InChI=1S/C19H18N2O2/c1-3-15-5-7-16(8-6-15)13-20-21-14-17-9-11-18(12-10-17)23-19(22)4-2/h4-14H,2-3H2,1H3/b20-13+,21-14+. The van der Waals surface area contributed by atoms with Gasteiger partial charge in [0.05, 0.1) is 12.4 Å². The lowest BCUT2D eigenvalue weighted by atomic mass is 10.1. The molecule has 4 nitrogen and oxygen atoms in total.